The zero-order chi connectivity index (χ0) is 19.9. The van der Waals surface area contributed by atoms with Crippen LogP contribution in [0.4, 0.5) is 5.69 Å². The number of nitrogens with one attached hydrogen (secondary N) is 1. The molecule has 1 saturated heterocycles. The summed E-state index contributed by atoms with van der Waals surface area (Å²) in [6, 6.07) is 10.9. The molecule has 3 rings (SSSR count). The first-order valence-corrected chi connectivity index (χ1v) is 13.1. The van der Waals surface area contributed by atoms with Gasteiger partial charge in [0, 0.05) is 10.7 Å². The van der Waals surface area contributed by atoms with Crippen LogP contribution < -0.4 is 4.72 Å². The Morgan fingerprint density at radius 2 is 1.59 bits per heavy atom. The SMILES string of the molecule is O=S1(=O)CCC(S(=O)(=O)c2cccc(S(=O)(=O)Nc3ccc(Cl)cc3)c2)C1. The number of hydrogen-bond donors (Lipinski definition) is 1. The summed E-state index contributed by atoms with van der Waals surface area (Å²) in [5.74, 6) is -0.637. The van der Waals surface area contributed by atoms with Crippen LogP contribution in [0.2, 0.25) is 5.02 Å². The van der Waals surface area contributed by atoms with Gasteiger partial charge in [0.2, 0.25) is 0 Å². The van der Waals surface area contributed by atoms with Gasteiger partial charge < -0.3 is 0 Å². The summed E-state index contributed by atoms with van der Waals surface area (Å²) in [4.78, 5) is -0.456. The highest BCUT2D eigenvalue weighted by molar-refractivity contribution is 7.96. The summed E-state index contributed by atoms with van der Waals surface area (Å²) < 4.78 is 76.0. The molecule has 1 unspecified atom stereocenters. The maximum Gasteiger partial charge on any atom is 0.261 e. The van der Waals surface area contributed by atoms with E-state index in [1.165, 1.54) is 42.5 Å². The fraction of sp³-hybridized carbons (Fsp3) is 0.250. The van der Waals surface area contributed by atoms with Crippen molar-refractivity contribution in [2.75, 3.05) is 16.2 Å². The summed E-state index contributed by atoms with van der Waals surface area (Å²) in [6.45, 7) is 0. The van der Waals surface area contributed by atoms with E-state index in [-0.39, 0.29) is 27.7 Å². The van der Waals surface area contributed by atoms with E-state index in [0.29, 0.717) is 5.02 Å². The molecule has 0 aromatic heterocycles. The van der Waals surface area contributed by atoms with Gasteiger partial charge in [-0.05, 0) is 48.9 Å². The number of sulfone groups is 2. The van der Waals surface area contributed by atoms with Gasteiger partial charge in [-0.2, -0.15) is 0 Å². The number of rotatable bonds is 5. The molecular formula is C16H16ClNO6S3. The van der Waals surface area contributed by atoms with Crippen molar-refractivity contribution < 1.29 is 25.3 Å². The standard InChI is InChI=1S/C16H16ClNO6S3/c17-12-4-6-13(7-5-12)18-27(23,24)15-3-1-2-14(10-15)26(21,22)16-8-9-25(19,20)11-16/h1-7,10,16,18H,8-9,11H2. The highest BCUT2D eigenvalue weighted by Crippen LogP contribution is 2.27. The van der Waals surface area contributed by atoms with Gasteiger partial charge in [-0.25, -0.2) is 25.3 Å². The molecule has 0 radical (unpaired) electrons. The summed E-state index contributed by atoms with van der Waals surface area (Å²) >= 11 is 5.77. The molecular weight excluding hydrogens is 434 g/mol. The molecule has 1 aliphatic rings. The fourth-order valence-corrected chi connectivity index (χ4v) is 8.46. The van der Waals surface area contributed by atoms with Gasteiger partial charge >= 0.3 is 0 Å². The molecule has 1 N–H and O–H groups in total. The van der Waals surface area contributed by atoms with Crippen molar-refractivity contribution in [3.63, 3.8) is 0 Å². The minimum Gasteiger partial charge on any atom is -0.280 e. The van der Waals surface area contributed by atoms with E-state index in [4.69, 9.17) is 11.6 Å². The highest BCUT2D eigenvalue weighted by atomic mass is 35.5. The Labute approximate surface area is 163 Å². The summed E-state index contributed by atoms with van der Waals surface area (Å²) in [6.07, 6.45) is 0.00463. The van der Waals surface area contributed by atoms with Crippen LogP contribution in [0.15, 0.2) is 58.3 Å². The monoisotopic (exact) mass is 449 g/mol. The molecule has 2 aromatic carbocycles. The first-order chi connectivity index (χ1) is 12.5. The lowest BCUT2D eigenvalue weighted by Gasteiger charge is -2.12. The van der Waals surface area contributed by atoms with E-state index in [0.717, 1.165) is 6.07 Å². The average molecular weight is 450 g/mol. The second kappa shape index (κ2) is 7.08. The molecule has 11 heteroatoms. The topological polar surface area (TPSA) is 114 Å². The van der Waals surface area contributed by atoms with Crippen LogP contribution in [0.25, 0.3) is 0 Å². The highest BCUT2D eigenvalue weighted by Gasteiger charge is 2.38. The van der Waals surface area contributed by atoms with Crippen LogP contribution in [-0.4, -0.2) is 42.0 Å². The average Bonchev–Trinajstić information content (AvgIpc) is 2.98. The Bertz CT molecular complexity index is 1170. The first kappa shape index (κ1) is 20.1. The Kier molecular flexibility index (Phi) is 5.28. The lowest BCUT2D eigenvalue weighted by molar-refractivity contribution is 0.582. The van der Waals surface area contributed by atoms with E-state index < -0.39 is 40.7 Å². The predicted octanol–water partition coefficient (Wildman–Crippen LogP) is 2.10. The van der Waals surface area contributed by atoms with Crippen molar-refractivity contribution in [2.45, 2.75) is 21.5 Å². The van der Waals surface area contributed by atoms with Gasteiger partial charge in [0.15, 0.2) is 19.7 Å². The van der Waals surface area contributed by atoms with Crippen LogP contribution in [0.3, 0.4) is 0 Å². The van der Waals surface area contributed by atoms with Crippen molar-refractivity contribution >= 4 is 47.0 Å². The largest absolute Gasteiger partial charge is 0.280 e. The Morgan fingerprint density at radius 1 is 0.963 bits per heavy atom. The number of sulfonamides is 1. The smallest absolute Gasteiger partial charge is 0.261 e. The zero-order valence-corrected chi connectivity index (χ0v) is 17.1. The van der Waals surface area contributed by atoms with Gasteiger partial charge in [-0.15, -0.1) is 0 Å². The molecule has 7 nitrogen and oxygen atoms in total. The third kappa shape index (κ3) is 4.45. The Hall–Kier alpha value is -1.62. The summed E-state index contributed by atoms with van der Waals surface area (Å²) in [7, 11) is -11.4. The molecule has 1 aliphatic heterocycles. The molecule has 1 atom stereocenters. The van der Waals surface area contributed by atoms with Crippen molar-refractivity contribution in [3.8, 4) is 0 Å². The van der Waals surface area contributed by atoms with Gasteiger partial charge in [0.1, 0.15) is 0 Å². The van der Waals surface area contributed by atoms with E-state index in [1.54, 1.807) is 0 Å². The molecule has 1 heterocycles. The second-order valence-electron chi connectivity index (χ2n) is 6.16. The van der Waals surface area contributed by atoms with Crippen LogP contribution in [-0.2, 0) is 29.7 Å². The minimum absolute atomic E-state index is 0.00463. The van der Waals surface area contributed by atoms with Gasteiger partial charge in [0.05, 0.1) is 26.5 Å². The normalized spacial score (nSPS) is 19.7. The molecule has 0 spiro atoms. The van der Waals surface area contributed by atoms with Crippen LogP contribution in [0, 0.1) is 0 Å². The third-order valence-electron chi connectivity index (χ3n) is 4.17. The maximum absolute atomic E-state index is 12.7. The van der Waals surface area contributed by atoms with Crippen molar-refractivity contribution in [1.82, 2.24) is 0 Å². The molecule has 0 saturated carbocycles. The number of benzene rings is 2. The van der Waals surface area contributed by atoms with Crippen LogP contribution in [0.1, 0.15) is 6.42 Å². The fourth-order valence-electron chi connectivity index (χ4n) is 2.75. The van der Waals surface area contributed by atoms with Crippen LogP contribution >= 0.6 is 11.6 Å². The van der Waals surface area contributed by atoms with E-state index in [9.17, 15) is 25.3 Å². The van der Waals surface area contributed by atoms with Gasteiger partial charge in [-0.3, -0.25) is 4.72 Å². The van der Waals surface area contributed by atoms with Gasteiger partial charge in [-0.1, -0.05) is 17.7 Å². The van der Waals surface area contributed by atoms with Crippen molar-refractivity contribution in [3.05, 3.63) is 53.6 Å². The van der Waals surface area contributed by atoms with E-state index in [1.807, 2.05) is 0 Å². The maximum atomic E-state index is 12.7. The third-order valence-corrected chi connectivity index (χ3v) is 9.97. The Morgan fingerprint density at radius 3 is 2.19 bits per heavy atom. The molecule has 146 valence electrons. The molecule has 27 heavy (non-hydrogen) atoms. The number of halogens is 1. The minimum atomic E-state index is -4.03. The second-order valence-corrected chi connectivity index (χ2v) is 12.7. The molecule has 0 amide bonds. The lowest BCUT2D eigenvalue weighted by atomic mass is 10.3. The Balaban J connectivity index is 1.92. The summed E-state index contributed by atoms with van der Waals surface area (Å²) in [5.41, 5.74) is 0.273. The zero-order valence-electron chi connectivity index (χ0n) is 13.9. The molecule has 1 fully saturated rings. The quantitative estimate of drug-likeness (QED) is 0.747. The van der Waals surface area contributed by atoms with Gasteiger partial charge in [0.25, 0.3) is 10.0 Å². The lowest BCUT2D eigenvalue weighted by Crippen LogP contribution is -2.23. The van der Waals surface area contributed by atoms with Crippen molar-refractivity contribution in [1.29, 1.82) is 0 Å². The van der Waals surface area contributed by atoms with Crippen molar-refractivity contribution in [2.24, 2.45) is 0 Å². The number of hydrogen-bond acceptors (Lipinski definition) is 6. The number of anilines is 1. The molecule has 2 aromatic rings. The molecule has 0 aliphatic carbocycles. The van der Waals surface area contributed by atoms with E-state index in [2.05, 4.69) is 4.72 Å². The van der Waals surface area contributed by atoms with Crippen LogP contribution in [0.5, 0.6) is 0 Å². The summed E-state index contributed by atoms with van der Waals surface area (Å²) in [5, 5.41) is -0.623. The predicted molar refractivity (Wildman–Crippen MR) is 103 cm³/mol. The van der Waals surface area contributed by atoms with E-state index >= 15 is 0 Å². The molecule has 0 bridgehead atoms. The first-order valence-electron chi connectivity index (χ1n) is 7.82.